The molecule has 0 amide bonds. The first-order valence-corrected chi connectivity index (χ1v) is 6.27. The van der Waals surface area contributed by atoms with Crippen molar-refractivity contribution in [3.63, 3.8) is 0 Å². The number of carbonyl (C=O) groups excluding carboxylic acids is 1. The third-order valence-electron chi connectivity index (χ3n) is 2.70. The maximum Gasteiger partial charge on any atom is 0.153 e. The van der Waals surface area contributed by atoms with Crippen molar-refractivity contribution in [2.75, 3.05) is 20.3 Å². The largest absolute Gasteiger partial charge is 0.497 e. The number of ether oxygens (including phenoxy) is 3. The highest BCUT2D eigenvalue weighted by Crippen LogP contribution is 2.23. The maximum absolute atomic E-state index is 10.9. The number of rotatable bonds is 7. The molecule has 0 N–H and O–H groups in total. The summed E-state index contributed by atoms with van der Waals surface area (Å²) in [7, 11) is 1.57. The number of methoxy groups -OCH3 is 1. The van der Waals surface area contributed by atoms with Crippen LogP contribution in [0.1, 0.15) is 10.4 Å². The van der Waals surface area contributed by atoms with Crippen LogP contribution in [0.25, 0.3) is 0 Å². The van der Waals surface area contributed by atoms with Crippen molar-refractivity contribution >= 4 is 6.29 Å². The van der Waals surface area contributed by atoms with E-state index < -0.39 is 0 Å². The van der Waals surface area contributed by atoms with Gasteiger partial charge in [0.15, 0.2) is 6.29 Å². The van der Waals surface area contributed by atoms with Gasteiger partial charge < -0.3 is 14.2 Å². The molecule has 0 aliphatic heterocycles. The number of carbonyl (C=O) groups is 1. The second kappa shape index (κ2) is 7.19. The zero-order valence-corrected chi connectivity index (χ0v) is 11.2. The Hall–Kier alpha value is -2.49. The van der Waals surface area contributed by atoms with Crippen LogP contribution in [-0.2, 0) is 0 Å². The van der Waals surface area contributed by atoms with E-state index in [1.165, 1.54) is 0 Å². The van der Waals surface area contributed by atoms with E-state index in [1.807, 2.05) is 30.3 Å². The van der Waals surface area contributed by atoms with Gasteiger partial charge >= 0.3 is 0 Å². The van der Waals surface area contributed by atoms with Crippen LogP contribution >= 0.6 is 0 Å². The van der Waals surface area contributed by atoms with Crippen LogP contribution < -0.4 is 14.2 Å². The molecule has 4 heteroatoms. The summed E-state index contributed by atoms with van der Waals surface area (Å²) < 4.78 is 16.2. The minimum absolute atomic E-state index is 0.350. The number of aldehydes is 1. The lowest BCUT2D eigenvalue weighted by atomic mass is 10.2. The molecule has 0 bridgehead atoms. The molecule has 0 spiro atoms. The van der Waals surface area contributed by atoms with E-state index in [9.17, 15) is 4.79 Å². The summed E-state index contributed by atoms with van der Waals surface area (Å²) in [6.07, 6.45) is 0.757. The SMILES string of the molecule is COc1ccc(C=O)c(OCCOc2ccccc2)c1. The molecule has 2 aromatic rings. The number of benzene rings is 2. The summed E-state index contributed by atoms with van der Waals surface area (Å²) in [6.45, 7) is 0.752. The molecule has 0 saturated heterocycles. The Bertz CT molecular complexity index is 552. The Morgan fingerprint density at radius 3 is 2.40 bits per heavy atom. The van der Waals surface area contributed by atoms with Crippen LogP contribution in [0.3, 0.4) is 0 Å². The zero-order chi connectivity index (χ0) is 14.2. The topological polar surface area (TPSA) is 44.8 Å². The number of hydrogen-bond acceptors (Lipinski definition) is 4. The van der Waals surface area contributed by atoms with Crippen LogP contribution in [-0.4, -0.2) is 26.6 Å². The fraction of sp³-hybridized carbons (Fsp3) is 0.188. The van der Waals surface area contributed by atoms with E-state index in [0.717, 1.165) is 12.0 Å². The second-order valence-electron chi connectivity index (χ2n) is 4.03. The first-order valence-electron chi connectivity index (χ1n) is 6.27. The molecule has 0 aromatic heterocycles. The summed E-state index contributed by atoms with van der Waals surface area (Å²) in [4.78, 5) is 10.9. The Morgan fingerprint density at radius 2 is 1.70 bits per heavy atom. The molecule has 2 aromatic carbocycles. The Morgan fingerprint density at radius 1 is 0.950 bits per heavy atom. The van der Waals surface area contributed by atoms with Crippen molar-refractivity contribution < 1.29 is 19.0 Å². The van der Waals surface area contributed by atoms with Crippen LogP contribution in [0.15, 0.2) is 48.5 Å². The van der Waals surface area contributed by atoms with Crippen LogP contribution in [0, 0.1) is 0 Å². The third kappa shape index (κ3) is 3.75. The fourth-order valence-corrected chi connectivity index (χ4v) is 1.69. The lowest BCUT2D eigenvalue weighted by Gasteiger charge is -2.11. The third-order valence-corrected chi connectivity index (χ3v) is 2.70. The molecule has 0 aliphatic rings. The van der Waals surface area contributed by atoms with Crippen LogP contribution in [0.4, 0.5) is 0 Å². The van der Waals surface area contributed by atoms with Gasteiger partial charge in [0.25, 0.3) is 0 Å². The molecule has 0 radical (unpaired) electrons. The summed E-state index contributed by atoms with van der Waals surface area (Å²) in [6, 6.07) is 14.6. The minimum Gasteiger partial charge on any atom is -0.497 e. The second-order valence-corrected chi connectivity index (χ2v) is 4.03. The molecule has 0 fully saturated rings. The van der Waals surface area contributed by atoms with Crippen molar-refractivity contribution in [2.45, 2.75) is 0 Å². The van der Waals surface area contributed by atoms with Crippen molar-refractivity contribution in [3.05, 3.63) is 54.1 Å². The van der Waals surface area contributed by atoms with E-state index >= 15 is 0 Å². The molecule has 20 heavy (non-hydrogen) atoms. The predicted octanol–water partition coefficient (Wildman–Crippen LogP) is 2.97. The van der Waals surface area contributed by atoms with Crippen LogP contribution in [0.5, 0.6) is 17.2 Å². The molecule has 4 nitrogen and oxygen atoms in total. The summed E-state index contributed by atoms with van der Waals surface area (Å²) in [5.74, 6) is 1.93. The standard InChI is InChI=1S/C16H16O4/c1-18-15-8-7-13(12-17)16(11-15)20-10-9-19-14-5-3-2-4-6-14/h2-8,11-12H,9-10H2,1H3. The first-order chi connectivity index (χ1) is 9.83. The molecule has 2 rings (SSSR count). The quantitative estimate of drug-likeness (QED) is 0.574. The van der Waals surface area contributed by atoms with Gasteiger partial charge in [-0.3, -0.25) is 4.79 Å². The van der Waals surface area contributed by atoms with E-state index in [-0.39, 0.29) is 0 Å². The normalized spacial score (nSPS) is 9.85. The monoisotopic (exact) mass is 272 g/mol. The van der Waals surface area contributed by atoms with E-state index in [4.69, 9.17) is 14.2 Å². The van der Waals surface area contributed by atoms with Gasteiger partial charge in [-0.15, -0.1) is 0 Å². The zero-order valence-electron chi connectivity index (χ0n) is 11.2. The van der Waals surface area contributed by atoms with Gasteiger partial charge in [0, 0.05) is 6.07 Å². The minimum atomic E-state index is 0.350. The molecular weight excluding hydrogens is 256 g/mol. The maximum atomic E-state index is 10.9. The average Bonchev–Trinajstić information content (AvgIpc) is 2.52. The summed E-state index contributed by atoms with van der Waals surface area (Å²) >= 11 is 0. The Kier molecular flexibility index (Phi) is 5.00. The lowest BCUT2D eigenvalue weighted by molar-refractivity contribution is 0.111. The van der Waals surface area contributed by atoms with Crippen molar-refractivity contribution in [1.29, 1.82) is 0 Å². The number of hydrogen-bond donors (Lipinski definition) is 0. The first kappa shape index (κ1) is 13.9. The lowest BCUT2D eigenvalue weighted by Crippen LogP contribution is -2.10. The molecule has 104 valence electrons. The van der Waals surface area contributed by atoms with E-state index in [0.29, 0.717) is 30.3 Å². The summed E-state index contributed by atoms with van der Waals surface area (Å²) in [5, 5.41) is 0. The van der Waals surface area contributed by atoms with Gasteiger partial charge in [-0.2, -0.15) is 0 Å². The molecule has 0 unspecified atom stereocenters. The Balaban J connectivity index is 1.88. The van der Waals surface area contributed by atoms with Gasteiger partial charge in [-0.1, -0.05) is 18.2 Å². The predicted molar refractivity (Wildman–Crippen MR) is 75.8 cm³/mol. The highest BCUT2D eigenvalue weighted by Gasteiger charge is 2.05. The molecule has 0 saturated carbocycles. The van der Waals surface area contributed by atoms with E-state index in [2.05, 4.69) is 0 Å². The van der Waals surface area contributed by atoms with Gasteiger partial charge in [0.05, 0.1) is 12.7 Å². The van der Waals surface area contributed by atoms with Crippen molar-refractivity contribution in [3.8, 4) is 17.2 Å². The molecule has 0 aliphatic carbocycles. The van der Waals surface area contributed by atoms with Gasteiger partial charge in [-0.05, 0) is 24.3 Å². The van der Waals surface area contributed by atoms with Gasteiger partial charge in [0.2, 0.25) is 0 Å². The van der Waals surface area contributed by atoms with Crippen molar-refractivity contribution in [1.82, 2.24) is 0 Å². The van der Waals surface area contributed by atoms with Crippen LogP contribution in [0.2, 0.25) is 0 Å². The molecule has 0 heterocycles. The van der Waals surface area contributed by atoms with Gasteiger partial charge in [0.1, 0.15) is 30.5 Å². The number of para-hydroxylation sites is 1. The highest BCUT2D eigenvalue weighted by molar-refractivity contribution is 5.79. The fourth-order valence-electron chi connectivity index (χ4n) is 1.69. The average molecular weight is 272 g/mol. The Labute approximate surface area is 117 Å². The molecular formula is C16H16O4. The highest BCUT2D eigenvalue weighted by atomic mass is 16.5. The summed E-state index contributed by atoms with van der Waals surface area (Å²) in [5.41, 5.74) is 0.491. The van der Waals surface area contributed by atoms with Gasteiger partial charge in [-0.25, -0.2) is 0 Å². The smallest absolute Gasteiger partial charge is 0.153 e. The molecule has 0 atom stereocenters. The van der Waals surface area contributed by atoms with E-state index in [1.54, 1.807) is 25.3 Å². The van der Waals surface area contributed by atoms with Crippen molar-refractivity contribution in [2.24, 2.45) is 0 Å².